The molecule has 1 heterocycles. The molecule has 7 nitrogen and oxygen atoms in total. The number of rotatable bonds is 12. The van der Waals surface area contributed by atoms with Crippen LogP contribution in [0.2, 0.25) is 0 Å². The predicted molar refractivity (Wildman–Crippen MR) is 155 cm³/mol. The average Bonchev–Trinajstić information content (AvgIpc) is 2.95. The summed E-state index contributed by atoms with van der Waals surface area (Å²) < 4.78 is 14.4. The van der Waals surface area contributed by atoms with Gasteiger partial charge in [0.1, 0.15) is 31.1 Å². The van der Waals surface area contributed by atoms with E-state index in [9.17, 15) is 9.59 Å². The lowest BCUT2D eigenvalue weighted by molar-refractivity contribution is -0.697. The van der Waals surface area contributed by atoms with Gasteiger partial charge in [-0.05, 0) is 39.0 Å². The van der Waals surface area contributed by atoms with Crippen molar-refractivity contribution in [2.75, 3.05) is 26.3 Å². The third-order valence-corrected chi connectivity index (χ3v) is 6.52. The van der Waals surface area contributed by atoms with E-state index in [4.69, 9.17) is 9.47 Å². The Hall–Kier alpha value is -3.91. The Bertz CT molecular complexity index is 1390. The van der Waals surface area contributed by atoms with Crippen molar-refractivity contribution in [3.8, 4) is 5.75 Å². The van der Waals surface area contributed by atoms with Gasteiger partial charge in [-0.3, -0.25) is 4.79 Å². The minimum atomic E-state index is -0.460. The summed E-state index contributed by atoms with van der Waals surface area (Å²) in [5.74, 6) is 0.554. The van der Waals surface area contributed by atoms with E-state index < -0.39 is 6.09 Å². The SMILES string of the molecule is CCC[n+]1cc(Br)cc(C(=O)NCCOC(=O)N(CCOc2cccc3ccccc23)Cc2ccccc2)c1. The highest BCUT2D eigenvalue weighted by molar-refractivity contribution is 9.10. The molecule has 0 radical (unpaired) electrons. The van der Waals surface area contributed by atoms with Crippen molar-refractivity contribution in [1.82, 2.24) is 10.2 Å². The molecule has 0 saturated heterocycles. The number of aryl methyl sites for hydroxylation is 1. The number of fused-ring (bicyclic) bond motifs is 1. The maximum atomic E-state index is 13.0. The second-order valence-corrected chi connectivity index (χ2v) is 10.00. The van der Waals surface area contributed by atoms with Gasteiger partial charge in [-0.1, -0.05) is 73.7 Å². The summed E-state index contributed by atoms with van der Waals surface area (Å²) in [5, 5.41) is 4.95. The van der Waals surface area contributed by atoms with Crippen LogP contribution in [0.3, 0.4) is 0 Å². The van der Waals surface area contributed by atoms with E-state index in [1.807, 2.05) is 89.8 Å². The number of pyridine rings is 1. The van der Waals surface area contributed by atoms with Crippen molar-refractivity contribution in [1.29, 1.82) is 0 Å². The zero-order valence-electron chi connectivity index (χ0n) is 22.0. The highest BCUT2D eigenvalue weighted by Gasteiger charge is 2.17. The summed E-state index contributed by atoms with van der Waals surface area (Å²) in [6.07, 6.45) is 4.25. The Morgan fingerprint density at radius 1 is 0.949 bits per heavy atom. The van der Waals surface area contributed by atoms with Gasteiger partial charge in [-0.15, -0.1) is 0 Å². The molecule has 202 valence electrons. The molecule has 0 aliphatic carbocycles. The molecule has 1 aromatic heterocycles. The molecule has 4 rings (SSSR count). The fraction of sp³-hybridized carbons (Fsp3) is 0.258. The number of hydrogen-bond donors (Lipinski definition) is 1. The number of nitrogens with zero attached hydrogens (tertiary/aromatic N) is 2. The predicted octanol–water partition coefficient (Wildman–Crippen LogP) is 5.75. The highest BCUT2D eigenvalue weighted by Crippen LogP contribution is 2.25. The average molecular weight is 592 g/mol. The summed E-state index contributed by atoms with van der Waals surface area (Å²) >= 11 is 3.46. The Morgan fingerprint density at radius 2 is 1.72 bits per heavy atom. The van der Waals surface area contributed by atoms with Crippen LogP contribution in [0.5, 0.6) is 5.75 Å². The van der Waals surface area contributed by atoms with Crippen LogP contribution in [-0.4, -0.2) is 43.2 Å². The van der Waals surface area contributed by atoms with Gasteiger partial charge in [0.05, 0.1) is 17.6 Å². The molecular weight excluding hydrogens is 558 g/mol. The first-order valence-corrected chi connectivity index (χ1v) is 13.9. The second-order valence-electron chi connectivity index (χ2n) is 9.08. The number of halogens is 1. The number of aromatic nitrogens is 1. The molecule has 1 N–H and O–H groups in total. The summed E-state index contributed by atoms with van der Waals surface area (Å²) in [7, 11) is 0. The van der Waals surface area contributed by atoms with E-state index >= 15 is 0 Å². The summed E-state index contributed by atoms with van der Waals surface area (Å²) in [4.78, 5) is 27.2. The number of carbonyl (C=O) groups is 2. The molecule has 0 atom stereocenters. The molecule has 2 amide bonds. The molecule has 8 heteroatoms. The smallest absolute Gasteiger partial charge is 0.410 e. The maximum Gasteiger partial charge on any atom is 0.410 e. The first kappa shape index (κ1) is 28.1. The lowest BCUT2D eigenvalue weighted by Crippen LogP contribution is -2.37. The van der Waals surface area contributed by atoms with Crippen molar-refractivity contribution in [3.05, 3.63) is 107 Å². The van der Waals surface area contributed by atoms with Crippen molar-refractivity contribution >= 4 is 38.7 Å². The summed E-state index contributed by atoms with van der Waals surface area (Å²) in [6, 6.07) is 25.5. The summed E-state index contributed by atoms with van der Waals surface area (Å²) in [6.45, 7) is 4.21. The second kappa shape index (κ2) is 14.3. The molecule has 0 spiro atoms. The largest absolute Gasteiger partial charge is 0.491 e. The number of ether oxygens (including phenoxy) is 2. The van der Waals surface area contributed by atoms with E-state index in [0.717, 1.165) is 39.5 Å². The molecule has 0 saturated carbocycles. The van der Waals surface area contributed by atoms with E-state index in [-0.39, 0.29) is 19.1 Å². The minimum Gasteiger partial charge on any atom is -0.491 e. The van der Waals surface area contributed by atoms with Crippen LogP contribution >= 0.6 is 15.9 Å². The lowest BCUT2D eigenvalue weighted by Gasteiger charge is -2.22. The highest BCUT2D eigenvalue weighted by atomic mass is 79.9. The van der Waals surface area contributed by atoms with E-state index in [1.165, 1.54) is 0 Å². The number of carbonyl (C=O) groups excluding carboxylic acids is 2. The van der Waals surface area contributed by atoms with Crippen LogP contribution in [0.25, 0.3) is 10.8 Å². The standard InChI is InChI=1S/C31H32BrN3O4/c1-2-16-34-22-26(20-27(32)23-34)30(36)33-15-18-39-31(37)35(21-24-9-4-3-5-10-24)17-19-38-29-14-8-12-25-11-6-7-13-28(25)29/h3-14,20,22-23H,2,15-19,21H2,1H3/p+1. The number of nitrogens with one attached hydrogen (secondary N) is 1. The Morgan fingerprint density at radius 3 is 2.54 bits per heavy atom. The van der Waals surface area contributed by atoms with Gasteiger partial charge in [0.2, 0.25) is 0 Å². The van der Waals surface area contributed by atoms with Gasteiger partial charge >= 0.3 is 6.09 Å². The quantitative estimate of drug-likeness (QED) is 0.168. The maximum absolute atomic E-state index is 13.0. The molecule has 0 unspecified atom stereocenters. The van der Waals surface area contributed by atoms with Gasteiger partial charge in [0.15, 0.2) is 12.4 Å². The minimum absolute atomic E-state index is 0.0585. The third-order valence-electron chi connectivity index (χ3n) is 6.09. The van der Waals surface area contributed by atoms with E-state index in [0.29, 0.717) is 25.3 Å². The van der Waals surface area contributed by atoms with Gasteiger partial charge in [0, 0.05) is 18.4 Å². The van der Waals surface area contributed by atoms with Crippen molar-refractivity contribution in [3.63, 3.8) is 0 Å². The molecule has 0 aliphatic rings. The summed E-state index contributed by atoms with van der Waals surface area (Å²) in [5.41, 5.74) is 1.53. The first-order valence-electron chi connectivity index (χ1n) is 13.1. The van der Waals surface area contributed by atoms with Crippen LogP contribution in [0, 0.1) is 0 Å². The molecule has 0 aliphatic heterocycles. The molecule has 39 heavy (non-hydrogen) atoms. The van der Waals surface area contributed by atoms with Crippen LogP contribution in [0.15, 0.2) is 95.7 Å². The van der Waals surface area contributed by atoms with E-state index in [2.05, 4.69) is 28.2 Å². The molecular formula is C31H33BrN3O4+. The van der Waals surface area contributed by atoms with Gasteiger partial charge in [0.25, 0.3) is 5.91 Å². The fourth-order valence-corrected chi connectivity index (χ4v) is 4.74. The zero-order valence-corrected chi connectivity index (χ0v) is 23.6. The Kier molecular flexibility index (Phi) is 10.3. The topological polar surface area (TPSA) is 71.8 Å². The van der Waals surface area contributed by atoms with Crippen molar-refractivity contribution < 1.29 is 23.6 Å². The van der Waals surface area contributed by atoms with Gasteiger partial charge in [-0.2, -0.15) is 0 Å². The molecule has 0 fully saturated rings. The fourth-order valence-electron chi connectivity index (χ4n) is 4.23. The first-order chi connectivity index (χ1) is 19.0. The molecule has 0 bridgehead atoms. The van der Waals surface area contributed by atoms with Crippen LogP contribution in [0.4, 0.5) is 4.79 Å². The number of amides is 2. The van der Waals surface area contributed by atoms with Gasteiger partial charge in [-0.25, -0.2) is 9.36 Å². The monoisotopic (exact) mass is 590 g/mol. The van der Waals surface area contributed by atoms with E-state index in [1.54, 1.807) is 11.0 Å². The lowest BCUT2D eigenvalue weighted by atomic mass is 10.1. The molecule has 4 aromatic rings. The van der Waals surface area contributed by atoms with Gasteiger partial charge < -0.3 is 19.7 Å². The Labute approximate surface area is 237 Å². The van der Waals surface area contributed by atoms with Crippen LogP contribution in [-0.2, 0) is 17.8 Å². The normalized spacial score (nSPS) is 10.7. The number of benzene rings is 3. The van der Waals surface area contributed by atoms with Crippen LogP contribution < -0.4 is 14.6 Å². The van der Waals surface area contributed by atoms with Crippen molar-refractivity contribution in [2.24, 2.45) is 0 Å². The third kappa shape index (κ3) is 8.29. The van der Waals surface area contributed by atoms with Crippen molar-refractivity contribution in [2.45, 2.75) is 26.4 Å². The molecule has 3 aromatic carbocycles. The van der Waals surface area contributed by atoms with Crippen LogP contribution in [0.1, 0.15) is 29.3 Å². The Balaban J connectivity index is 1.32. The zero-order chi connectivity index (χ0) is 27.5. The number of hydrogen-bond acceptors (Lipinski definition) is 4.